The van der Waals surface area contributed by atoms with Gasteiger partial charge in [-0.1, -0.05) is 12.8 Å². The first-order valence-corrected chi connectivity index (χ1v) is 6.36. The van der Waals surface area contributed by atoms with Crippen molar-refractivity contribution in [2.45, 2.75) is 44.9 Å². The molecule has 1 heterocycles. The highest BCUT2D eigenvalue weighted by Crippen LogP contribution is 2.19. The Morgan fingerprint density at radius 2 is 2.33 bits per heavy atom. The molecule has 84 valence electrons. The Kier molecular flexibility index (Phi) is 4.11. The van der Waals surface area contributed by atoms with E-state index in [4.69, 9.17) is 4.74 Å². The zero-order chi connectivity index (χ0) is 10.5. The summed E-state index contributed by atoms with van der Waals surface area (Å²) < 4.78 is 5.05. The van der Waals surface area contributed by atoms with E-state index in [0.717, 1.165) is 17.6 Å². The highest BCUT2D eigenvalue weighted by molar-refractivity contribution is 7.11. The quantitative estimate of drug-likeness (QED) is 0.836. The molecule has 1 fully saturated rings. The molecular weight excluding hydrogens is 208 g/mol. The van der Waals surface area contributed by atoms with Crippen molar-refractivity contribution in [1.29, 1.82) is 0 Å². The molecule has 1 saturated carbocycles. The van der Waals surface area contributed by atoms with Crippen LogP contribution in [0.5, 0.6) is 0 Å². The summed E-state index contributed by atoms with van der Waals surface area (Å²) in [4.78, 5) is 5.62. The molecule has 2 rings (SSSR count). The standard InChI is InChI=1S/C11H18N2OS/c1-14-8-11-13-7-10(15-11)6-12-9-4-2-3-5-9/h7,9,12H,2-6,8H2,1H3. The van der Waals surface area contributed by atoms with Crippen molar-refractivity contribution in [2.75, 3.05) is 7.11 Å². The van der Waals surface area contributed by atoms with Crippen LogP contribution in [0.15, 0.2) is 6.20 Å². The minimum atomic E-state index is 0.633. The van der Waals surface area contributed by atoms with Gasteiger partial charge in [-0.3, -0.25) is 0 Å². The van der Waals surface area contributed by atoms with Gasteiger partial charge < -0.3 is 10.1 Å². The highest BCUT2D eigenvalue weighted by Gasteiger charge is 2.14. The normalized spacial score (nSPS) is 17.4. The molecule has 1 aromatic heterocycles. The van der Waals surface area contributed by atoms with Crippen LogP contribution in [0.1, 0.15) is 35.6 Å². The summed E-state index contributed by atoms with van der Waals surface area (Å²) in [6, 6.07) is 0.734. The van der Waals surface area contributed by atoms with Crippen LogP contribution in [-0.2, 0) is 17.9 Å². The number of rotatable bonds is 5. The maximum Gasteiger partial charge on any atom is 0.119 e. The van der Waals surface area contributed by atoms with Gasteiger partial charge in [0.2, 0.25) is 0 Å². The van der Waals surface area contributed by atoms with E-state index < -0.39 is 0 Å². The lowest BCUT2D eigenvalue weighted by Gasteiger charge is -2.09. The van der Waals surface area contributed by atoms with Crippen LogP contribution in [0.3, 0.4) is 0 Å². The van der Waals surface area contributed by atoms with Crippen molar-refractivity contribution in [3.05, 3.63) is 16.1 Å². The van der Waals surface area contributed by atoms with Gasteiger partial charge in [-0.15, -0.1) is 11.3 Å². The minimum absolute atomic E-state index is 0.633. The zero-order valence-corrected chi connectivity index (χ0v) is 9.98. The number of nitrogens with one attached hydrogen (secondary N) is 1. The summed E-state index contributed by atoms with van der Waals surface area (Å²) in [7, 11) is 1.71. The predicted octanol–water partition coefficient (Wildman–Crippen LogP) is 2.32. The molecule has 3 nitrogen and oxygen atoms in total. The van der Waals surface area contributed by atoms with Crippen molar-refractivity contribution in [3.63, 3.8) is 0 Å². The Balaban J connectivity index is 1.77. The van der Waals surface area contributed by atoms with Crippen molar-refractivity contribution in [1.82, 2.24) is 10.3 Å². The number of methoxy groups -OCH3 is 1. The van der Waals surface area contributed by atoms with Crippen LogP contribution in [0.25, 0.3) is 0 Å². The fraction of sp³-hybridized carbons (Fsp3) is 0.727. The van der Waals surface area contributed by atoms with Gasteiger partial charge >= 0.3 is 0 Å². The number of nitrogens with zero attached hydrogens (tertiary/aromatic N) is 1. The van der Waals surface area contributed by atoms with Gasteiger partial charge in [-0.2, -0.15) is 0 Å². The molecule has 0 saturated heterocycles. The molecule has 0 bridgehead atoms. The van der Waals surface area contributed by atoms with E-state index in [-0.39, 0.29) is 0 Å². The van der Waals surface area contributed by atoms with E-state index >= 15 is 0 Å². The first-order valence-electron chi connectivity index (χ1n) is 5.54. The highest BCUT2D eigenvalue weighted by atomic mass is 32.1. The Hall–Kier alpha value is -0.450. The second-order valence-electron chi connectivity index (χ2n) is 4.02. The lowest BCUT2D eigenvalue weighted by atomic mass is 10.2. The Morgan fingerprint density at radius 3 is 3.07 bits per heavy atom. The van der Waals surface area contributed by atoms with E-state index in [1.54, 1.807) is 18.4 Å². The van der Waals surface area contributed by atoms with E-state index in [9.17, 15) is 0 Å². The summed E-state index contributed by atoms with van der Waals surface area (Å²) in [5, 5.41) is 4.65. The third-order valence-electron chi connectivity index (χ3n) is 2.79. The molecule has 0 spiro atoms. The first kappa shape index (κ1) is 11.0. The van der Waals surface area contributed by atoms with Crippen LogP contribution < -0.4 is 5.32 Å². The number of hydrogen-bond acceptors (Lipinski definition) is 4. The maximum absolute atomic E-state index is 5.05. The SMILES string of the molecule is COCc1ncc(CNC2CCCC2)s1. The number of aromatic nitrogens is 1. The van der Waals surface area contributed by atoms with Crippen LogP contribution >= 0.6 is 11.3 Å². The van der Waals surface area contributed by atoms with Crippen molar-refractivity contribution >= 4 is 11.3 Å². The average molecular weight is 226 g/mol. The molecule has 1 N–H and O–H groups in total. The number of hydrogen-bond donors (Lipinski definition) is 1. The van der Waals surface area contributed by atoms with Gasteiger partial charge in [0, 0.05) is 30.8 Å². The Labute approximate surface area is 94.9 Å². The topological polar surface area (TPSA) is 34.1 Å². The Morgan fingerprint density at radius 1 is 1.53 bits per heavy atom. The largest absolute Gasteiger partial charge is 0.378 e. The molecule has 0 aliphatic heterocycles. The summed E-state index contributed by atoms with van der Waals surface area (Å²) >= 11 is 1.74. The van der Waals surface area contributed by atoms with Gasteiger partial charge in [-0.05, 0) is 12.8 Å². The van der Waals surface area contributed by atoms with Crippen molar-refractivity contribution < 1.29 is 4.74 Å². The summed E-state index contributed by atoms with van der Waals surface area (Å²) in [6.45, 7) is 1.60. The third-order valence-corrected chi connectivity index (χ3v) is 3.76. The van der Waals surface area contributed by atoms with E-state index in [2.05, 4.69) is 10.3 Å². The lowest BCUT2D eigenvalue weighted by molar-refractivity contribution is 0.184. The molecule has 4 heteroatoms. The summed E-state index contributed by atoms with van der Waals surface area (Å²) in [5.74, 6) is 0. The maximum atomic E-state index is 5.05. The predicted molar refractivity (Wildman–Crippen MR) is 61.9 cm³/mol. The molecule has 0 unspecified atom stereocenters. The van der Waals surface area contributed by atoms with Gasteiger partial charge in [0.1, 0.15) is 5.01 Å². The molecule has 1 aliphatic carbocycles. The fourth-order valence-electron chi connectivity index (χ4n) is 1.99. The molecule has 1 aliphatic rings. The molecule has 0 amide bonds. The van der Waals surface area contributed by atoms with Crippen molar-refractivity contribution in [3.8, 4) is 0 Å². The molecule has 0 aromatic carbocycles. The molecular formula is C11H18N2OS. The lowest BCUT2D eigenvalue weighted by Crippen LogP contribution is -2.24. The van der Waals surface area contributed by atoms with Crippen LogP contribution in [0, 0.1) is 0 Å². The zero-order valence-electron chi connectivity index (χ0n) is 9.16. The molecule has 15 heavy (non-hydrogen) atoms. The van der Waals surface area contributed by atoms with Crippen molar-refractivity contribution in [2.24, 2.45) is 0 Å². The van der Waals surface area contributed by atoms with E-state index in [1.807, 2.05) is 6.20 Å². The van der Waals surface area contributed by atoms with E-state index in [0.29, 0.717) is 6.61 Å². The van der Waals surface area contributed by atoms with Gasteiger partial charge in [0.25, 0.3) is 0 Å². The average Bonchev–Trinajstić information content (AvgIpc) is 2.85. The molecule has 1 aromatic rings. The van der Waals surface area contributed by atoms with Gasteiger partial charge in [-0.25, -0.2) is 4.98 Å². The smallest absolute Gasteiger partial charge is 0.119 e. The van der Waals surface area contributed by atoms with Crippen LogP contribution in [0.2, 0.25) is 0 Å². The molecule has 0 atom stereocenters. The molecule has 0 radical (unpaired) electrons. The van der Waals surface area contributed by atoms with Crippen LogP contribution in [-0.4, -0.2) is 18.1 Å². The van der Waals surface area contributed by atoms with Gasteiger partial charge in [0.05, 0.1) is 6.61 Å². The monoisotopic (exact) mass is 226 g/mol. The second kappa shape index (κ2) is 5.58. The Bertz CT molecular complexity index is 295. The van der Waals surface area contributed by atoms with Gasteiger partial charge in [0.15, 0.2) is 0 Å². The first-order chi connectivity index (χ1) is 7.38. The fourth-order valence-corrected chi connectivity index (χ4v) is 2.84. The summed E-state index contributed by atoms with van der Waals surface area (Å²) in [5.41, 5.74) is 0. The number of thiazole rings is 1. The minimum Gasteiger partial charge on any atom is -0.378 e. The van der Waals surface area contributed by atoms with Crippen LogP contribution in [0.4, 0.5) is 0 Å². The van der Waals surface area contributed by atoms with E-state index in [1.165, 1.54) is 30.6 Å². The second-order valence-corrected chi connectivity index (χ2v) is 5.22. The summed E-state index contributed by atoms with van der Waals surface area (Å²) in [6.07, 6.45) is 7.40. The third kappa shape index (κ3) is 3.26. The number of ether oxygens (including phenoxy) is 1.